The molecule has 1 aromatic carbocycles. The Kier molecular flexibility index (Phi) is 3.02. The number of benzene rings is 1. The van der Waals surface area contributed by atoms with Gasteiger partial charge in [-0.15, -0.1) is 0 Å². The van der Waals surface area contributed by atoms with Gasteiger partial charge in [0.2, 0.25) is 0 Å². The van der Waals surface area contributed by atoms with E-state index in [4.69, 9.17) is 5.73 Å². The van der Waals surface area contributed by atoms with Crippen molar-refractivity contribution in [1.82, 2.24) is 4.98 Å². The summed E-state index contributed by atoms with van der Waals surface area (Å²) in [6.45, 7) is 0. The first-order valence-electron chi connectivity index (χ1n) is 4.67. The fourth-order valence-corrected chi connectivity index (χ4v) is 1.91. The van der Waals surface area contributed by atoms with Crippen LogP contribution >= 0.6 is 15.9 Å². The predicted octanol–water partition coefficient (Wildman–Crippen LogP) is 3.23. The second-order valence-corrected chi connectivity index (χ2v) is 3.84. The third kappa shape index (κ3) is 2.18. The summed E-state index contributed by atoms with van der Waals surface area (Å²) in [4.78, 5) is 4.36. The molecule has 2 N–H and O–H groups in total. The Hall–Kier alpha value is -1.35. The Morgan fingerprint density at radius 3 is 2.60 bits per heavy atom. The second kappa shape index (κ2) is 4.45. The van der Waals surface area contributed by atoms with Crippen molar-refractivity contribution in [2.45, 2.75) is 5.33 Å². The molecule has 0 bridgehead atoms. The van der Waals surface area contributed by atoms with Gasteiger partial charge in [0.05, 0.1) is 17.6 Å². The van der Waals surface area contributed by atoms with Crippen molar-refractivity contribution in [2.24, 2.45) is 0 Å². The zero-order valence-corrected chi connectivity index (χ0v) is 9.74. The van der Waals surface area contributed by atoms with Crippen LogP contribution in [0.3, 0.4) is 0 Å². The first kappa shape index (κ1) is 10.2. The van der Waals surface area contributed by atoms with Gasteiger partial charge in [-0.2, -0.15) is 0 Å². The fourth-order valence-electron chi connectivity index (χ4n) is 1.49. The molecule has 0 radical (unpaired) electrons. The maximum atomic E-state index is 5.70. The van der Waals surface area contributed by atoms with Crippen LogP contribution in [0.5, 0.6) is 0 Å². The fraction of sp³-hybridized carbons (Fsp3) is 0.0833. The summed E-state index contributed by atoms with van der Waals surface area (Å²) < 4.78 is 0. The van der Waals surface area contributed by atoms with E-state index in [0.29, 0.717) is 5.69 Å². The topological polar surface area (TPSA) is 38.9 Å². The zero-order chi connectivity index (χ0) is 10.7. The monoisotopic (exact) mass is 262 g/mol. The molecule has 0 saturated carbocycles. The Balaban J connectivity index is 2.53. The number of rotatable bonds is 2. The number of nitrogens with zero attached hydrogens (tertiary/aromatic N) is 1. The van der Waals surface area contributed by atoms with E-state index < -0.39 is 0 Å². The van der Waals surface area contributed by atoms with Gasteiger partial charge in [0.25, 0.3) is 0 Å². The van der Waals surface area contributed by atoms with Gasteiger partial charge in [-0.05, 0) is 11.6 Å². The van der Waals surface area contributed by atoms with E-state index in [1.807, 2.05) is 36.4 Å². The molecule has 1 aromatic heterocycles. The summed E-state index contributed by atoms with van der Waals surface area (Å²) in [5, 5.41) is 0.759. The van der Waals surface area contributed by atoms with Gasteiger partial charge in [-0.3, -0.25) is 4.98 Å². The number of alkyl halides is 1. The minimum atomic E-state index is 0.698. The van der Waals surface area contributed by atoms with Crippen LogP contribution in [0.1, 0.15) is 5.56 Å². The second-order valence-electron chi connectivity index (χ2n) is 3.28. The van der Waals surface area contributed by atoms with Crippen LogP contribution < -0.4 is 5.73 Å². The Morgan fingerprint density at radius 1 is 1.20 bits per heavy atom. The standard InChI is InChI=1S/C12H11BrN2/c13-7-10-6-11(14)8-15-12(10)9-4-2-1-3-5-9/h1-6,8H,7,14H2. The number of halogens is 1. The maximum Gasteiger partial charge on any atom is 0.0744 e. The smallest absolute Gasteiger partial charge is 0.0744 e. The Bertz CT molecular complexity index is 454. The highest BCUT2D eigenvalue weighted by Gasteiger charge is 2.05. The molecule has 0 amide bonds. The molecule has 0 atom stereocenters. The van der Waals surface area contributed by atoms with E-state index in [1.54, 1.807) is 6.20 Å². The number of nitrogens with two attached hydrogens (primary N) is 1. The molecule has 2 nitrogen and oxygen atoms in total. The highest BCUT2D eigenvalue weighted by molar-refractivity contribution is 9.08. The normalized spacial score (nSPS) is 10.2. The first-order chi connectivity index (χ1) is 7.31. The first-order valence-corrected chi connectivity index (χ1v) is 5.79. The lowest BCUT2D eigenvalue weighted by molar-refractivity contribution is 1.26. The van der Waals surface area contributed by atoms with Gasteiger partial charge in [0.15, 0.2) is 0 Å². The van der Waals surface area contributed by atoms with Crippen LogP contribution in [0.15, 0.2) is 42.6 Å². The van der Waals surface area contributed by atoms with Crippen LogP contribution in [0.25, 0.3) is 11.3 Å². The number of nitrogen functional groups attached to an aromatic ring is 1. The van der Waals surface area contributed by atoms with E-state index in [2.05, 4.69) is 20.9 Å². The molecule has 0 spiro atoms. The van der Waals surface area contributed by atoms with Crippen molar-refractivity contribution < 1.29 is 0 Å². The predicted molar refractivity (Wildman–Crippen MR) is 66.7 cm³/mol. The van der Waals surface area contributed by atoms with Crippen LogP contribution in [0.4, 0.5) is 5.69 Å². The van der Waals surface area contributed by atoms with Gasteiger partial charge in [-0.1, -0.05) is 46.3 Å². The van der Waals surface area contributed by atoms with Gasteiger partial charge >= 0.3 is 0 Å². The molecule has 0 aliphatic heterocycles. The number of hydrogen-bond donors (Lipinski definition) is 1. The summed E-state index contributed by atoms with van der Waals surface area (Å²) in [5.41, 5.74) is 9.61. The number of aromatic nitrogens is 1. The van der Waals surface area contributed by atoms with E-state index >= 15 is 0 Å². The van der Waals surface area contributed by atoms with Gasteiger partial charge in [0, 0.05) is 10.9 Å². The summed E-state index contributed by atoms with van der Waals surface area (Å²) >= 11 is 3.44. The van der Waals surface area contributed by atoms with Crippen molar-refractivity contribution in [2.75, 3.05) is 5.73 Å². The highest BCUT2D eigenvalue weighted by atomic mass is 79.9. The molecule has 0 aliphatic rings. The van der Waals surface area contributed by atoms with Gasteiger partial charge in [0.1, 0.15) is 0 Å². The lowest BCUT2D eigenvalue weighted by Crippen LogP contribution is -1.94. The van der Waals surface area contributed by atoms with Crippen LogP contribution in [-0.4, -0.2) is 4.98 Å². The average molecular weight is 263 g/mol. The van der Waals surface area contributed by atoms with Crippen molar-refractivity contribution in [3.05, 3.63) is 48.2 Å². The van der Waals surface area contributed by atoms with Crippen LogP contribution in [0.2, 0.25) is 0 Å². The number of pyridine rings is 1. The molecule has 0 fully saturated rings. The minimum absolute atomic E-state index is 0.698. The summed E-state index contributed by atoms with van der Waals surface area (Å²) in [6.07, 6.45) is 1.69. The lowest BCUT2D eigenvalue weighted by atomic mass is 10.1. The Labute approximate surface area is 97.3 Å². The van der Waals surface area contributed by atoms with E-state index in [-0.39, 0.29) is 0 Å². The Morgan fingerprint density at radius 2 is 1.93 bits per heavy atom. The average Bonchev–Trinajstić information content (AvgIpc) is 2.30. The molecule has 3 heteroatoms. The zero-order valence-electron chi connectivity index (χ0n) is 8.15. The minimum Gasteiger partial charge on any atom is -0.397 e. The third-order valence-corrected chi connectivity index (χ3v) is 2.78. The molecule has 1 heterocycles. The van der Waals surface area contributed by atoms with Crippen molar-refractivity contribution in [1.29, 1.82) is 0 Å². The van der Waals surface area contributed by atoms with Crippen LogP contribution in [-0.2, 0) is 5.33 Å². The molecule has 76 valence electrons. The third-order valence-electron chi connectivity index (χ3n) is 2.18. The lowest BCUT2D eigenvalue weighted by Gasteiger charge is -2.06. The SMILES string of the molecule is Nc1cnc(-c2ccccc2)c(CBr)c1. The molecule has 0 unspecified atom stereocenters. The molecular formula is C12H11BrN2. The largest absolute Gasteiger partial charge is 0.397 e. The maximum absolute atomic E-state index is 5.70. The molecule has 2 aromatic rings. The van der Waals surface area contributed by atoms with Crippen molar-refractivity contribution in [3.63, 3.8) is 0 Å². The summed E-state index contributed by atoms with van der Waals surface area (Å²) in [5.74, 6) is 0. The summed E-state index contributed by atoms with van der Waals surface area (Å²) in [6, 6.07) is 12.0. The molecule has 2 rings (SSSR count). The summed E-state index contributed by atoms with van der Waals surface area (Å²) in [7, 11) is 0. The number of hydrogen-bond acceptors (Lipinski definition) is 2. The quantitative estimate of drug-likeness (QED) is 0.845. The van der Waals surface area contributed by atoms with Crippen molar-refractivity contribution in [3.8, 4) is 11.3 Å². The highest BCUT2D eigenvalue weighted by Crippen LogP contribution is 2.24. The van der Waals surface area contributed by atoms with Crippen molar-refractivity contribution >= 4 is 21.6 Å². The molecular weight excluding hydrogens is 252 g/mol. The molecule has 15 heavy (non-hydrogen) atoms. The molecule has 0 saturated heterocycles. The van der Waals surface area contributed by atoms with E-state index in [9.17, 15) is 0 Å². The van der Waals surface area contributed by atoms with E-state index in [1.165, 1.54) is 0 Å². The van der Waals surface area contributed by atoms with Gasteiger partial charge in [-0.25, -0.2) is 0 Å². The van der Waals surface area contributed by atoms with E-state index in [0.717, 1.165) is 22.2 Å². The number of anilines is 1. The van der Waals surface area contributed by atoms with Crippen LogP contribution in [0, 0.1) is 0 Å². The molecule has 0 aliphatic carbocycles. The van der Waals surface area contributed by atoms with Gasteiger partial charge < -0.3 is 5.73 Å².